The van der Waals surface area contributed by atoms with Crippen LogP contribution < -0.4 is 0 Å². The molecule has 0 amide bonds. The van der Waals surface area contributed by atoms with Crippen molar-refractivity contribution in [3.05, 3.63) is 41.7 Å². The molecule has 0 radical (unpaired) electrons. The fourth-order valence-corrected chi connectivity index (χ4v) is 3.99. The van der Waals surface area contributed by atoms with Crippen molar-refractivity contribution in [2.45, 2.75) is 51.4 Å². The molecule has 2 fully saturated rings. The molecule has 6 nitrogen and oxygen atoms in total. The Morgan fingerprint density at radius 1 is 1.36 bits per heavy atom. The SMILES string of the molecule is CC(C)c1nccc([C@@H]2C[C@H]3CCN(Cc4cnn(C)c4)C[C@@H]3O2)n1. The van der Waals surface area contributed by atoms with Gasteiger partial charge in [0.15, 0.2) is 0 Å². The van der Waals surface area contributed by atoms with Crippen LogP contribution in [0.15, 0.2) is 24.7 Å². The molecule has 0 bridgehead atoms. The summed E-state index contributed by atoms with van der Waals surface area (Å²) in [6.07, 6.45) is 8.64. The van der Waals surface area contributed by atoms with Crippen molar-refractivity contribution in [2.24, 2.45) is 13.0 Å². The molecule has 0 aromatic carbocycles. The van der Waals surface area contributed by atoms with Gasteiger partial charge in [-0.15, -0.1) is 0 Å². The molecule has 134 valence electrons. The lowest BCUT2D eigenvalue weighted by Crippen LogP contribution is -2.41. The van der Waals surface area contributed by atoms with Gasteiger partial charge in [-0.05, 0) is 31.4 Å². The topological polar surface area (TPSA) is 56.1 Å². The molecule has 0 N–H and O–H groups in total. The molecule has 2 aliphatic rings. The molecular weight excluding hydrogens is 314 g/mol. The van der Waals surface area contributed by atoms with Crippen molar-refractivity contribution < 1.29 is 4.74 Å². The van der Waals surface area contributed by atoms with Crippen molar-refractivity contribution in [1.82, 2.24) is 24.6 Å². The molecule has 2 aliphatic heterocycles. The zero-order valence-corrected chi connectivity index (χ0v) is 15.3. The Bertz CT molecular complexity index is 728. The Labute approximate surface area is 149 Å². The van der Waals surface area contributed by atoms with E-state index < -0.39 is 0 Å². The van der Waals surface area contributed by atoms with Gasteiger partial charge in [0.05, 0.1) is 18.0 Å². The van der Waals surface area contributed by atoms with E-state index in [0.29, 0.717) is 17.9 Å². The van der Waals surface area contributed by atoms with Crippen LogP contribution in [0, 0.1) is 5.92 Å². The van der Waals surface area contributed by atoms with Crippen LogP contribution in [-0.2, 0) is 18.3 Å². The molecule has 0 saturated carbocycles. The van der Waals surface area contributed by atoms with Crippen LogP contribution >= 0.6 is 0 Å². The van der Waals surface area contributed by atoms with Crippen LogP contribution in [0.4, 0.5) is 0 Å². The average molecular weight is 341 g/mol. The van der Waals surface area contributed by atoms with Crippen LogP contribution in [0.3, 0.4) is 0 Å². The zero-order valence-electron chi connectivity index (χ0n) is 15.3. The number of aromatic nitrogens is 4. The highest BCUT2D eigenvalue weighted by molar-refractivity contribution is 5.11. The average Bonchev–Trinajstić information content (AvgIpc) is 3.20. The fourth-order valence-electron chi connectivity index (χ4n) is 3.99. The highest BCUT2D eigenvalue weighted by Gasteiger charge is 2.40. The van der Waals surface area contributed by atoms with E-state index in [1.54, 1.807) is 0 Å². The van der Waals surface area contributed by atoms with Crippen LogP contribution in [0.25, 0.3) is 0 Å². The predicted molar refractivity (Wildman–Crippen MR) is 94.9 cm³/mol. The van der Waals surface area contributed by atoms with Gasteiger partial charge in [-0.3, -0.25) is 9.58 Å². The van der Waals surface area contributed by atoms with Crippen molar-refractivity contribution in [1.29, 1.82) is 0 Å². The molecule has 4 heterocycles. The molecule has 0 spiro atoms. The molecule has 3 atom stereocenters. The third-order valence-corrected chi connectivity index (χ3v) is 5.34. The minimum absolute atomic E-state index is 0.119. The first-order valence-electron chi connectivity index (χ1n) is 9.26. The molecule has 4 rings (SSSR count). The standard InChI is InChI=1S/C19H27N5O/c1-13(2)19-20-6-4-16(22-19)17-8-15-5-7-24(12-18(15)25-17)11-14-9-21-23(3)10-14/h4,6,9-10,13,15,17-18H,5,7-8,11-12H2,1-3H3/t15-,17+,18+/m1/s1. The van der Waals surface area contributed by atoms with Crippen LogP contribution in [0.1, 0.15) is 55.8 Å². The summed E-state index contributed by atoms with van der Waals surface area (Å²) in [7, 11) is 1.97. The third-order valence-electron chi connectivity index (χ3n) is 5.34. The number of aryl methyl sites for hydroxylation is 1. The van der Waals surface area contributed by atoms with Crippen molar-refractivity contribution in [3.63, 3.8) is 0 Å². The zero-order chi connectivity index (χ0) is 17.4. The maximum Gasteiger partial charge on any atom is 0.131 e. The Hall–Kier alpha value is -1.79. The molecular formula is C19H27N5O. The summed E-state index contributed by atoms with van der Waals surface area (Å²) in [6, 6.07) is 2.02. The van der Waals surface area contributed by atoms with Crippen LogP contribution in [0.2, 0.25) is 0 Å². The smallest absolute Gasteiger partial charge is 0.131 e. The van der Waals surface area contributed by atoms with E-state index in [2.05, 4.69) is 35.0 Å². The predicted octanol–water partition coefficient (Wildman–Crippen LogP) is 2.69. The lowest BCUT2D eigenvalue weighted by Gasteiger charge is -2.33. The van der Waals surface area contributed by atoms with Crippen LogP contribution in [-0.4, -0.2) is 43.8 Å². The summed E-state index contributed by atoms with van der Waals surface area (Å²) in [5, 5.41) is 4.27. The molecule has 0 aliphatic carbocycles. The number of piperidine rings is 1. The number of ether oxygens (including phenoxy) is 1. The summed E-state index contributed by atoms with van der Waals surface area (Å²) >= 11 is 0. The van der Waals surface area contributed by atoms with Gasteiger partial charge < -0.3 is 4.74 Å². The van der Waals surface area contributed by atoms with Gasteiger partial charge in [0, 0.05) is 44.0 Å². The number of hydrogen-bond acceptors (Lipinski definition) is 5. The number of rotatable bonds is 4. The monoisotopic (exact) mass is 341 g/mol. The van der Waals surface area contributed by atoms with E-state index in [1.165, 1.54) is 12.0 Å². The quantitative estimate of drug-likeness (QED) is 0.856. The van der Waals surface area contributed by atoms with Gasteiger partial charge in [-0.2, -0.15) is 5.10 Å². The molecule has 0 unspecified atom stereocenters. The Morgan fingerprint density at radius 2 is 2.24 bits per heavy atom. The largest absolute Gasteiger partial charge is 0.367 e. The van der Waals surface area contributed by atoms with Gasteiger partial charge in [0.1, 0.15) is 11.9 Å². The lowest BCUT2D eigenvalue weighted by atomic mass is 9.91. The summed E-state index contributed by atoms with van der Waals surface area (Å²) in [6.45, 7) is 7.34. The first-order valence-corrected chi connectivity index (χ1v) is 9.26. The molecule has 2 aromatic heterocycles. The molecule has 2 aromatic rings. The minimum atomic E-state index is 0.119. The fraction of sp³-hybridized carbons (Fsp3) is 0.632. The van der Waals surface area contributed by atoms with E-state index >= 15 is 0 Å². The van der Waals surface area contributed by atoms with Crippen molar-refractivity contribution in [3.8, 4) is 0 Å². The summed E-state index contributed by atoms with van der Waals surface area (Å²) < 4.78 is 8.27. The Balaban J connectivity index is 1.40. The summed E-state index contributed by atoms with van der Waals surface area (Å²) in [4.78, 5) is 11.6. The second-order valence-corrected chi connectivity index (χ2v) is 7.70. The van der Waals surface area contributed by atoms with E-state index in [9.17, 15) is 0 Å². The minimum Gasteiger partial charge on any atom is -0.367 e. The number of fused-ring (bicyclic) bond motifs is 1. The summed E-state index contributed by atoms with van der Waals surface area (Å²) in [5.41, 5.74) is 2.32. The van der Waals surface area contributed by atoms with Gasteiger partial charge >= 0.3 is 0 Å². The van der Waals surface area contributed by atoms with E-state index in [4.69, 9.17) is 9.72 Å². The van der Waals surface area contributed by atoms with Crippen LogP contribution in [0.5, 0.6) is 0 Å². The van der Waals surface area contributed by atoms with E-state index in [-0.39, 0.29) is 6.10 Å². The van der Waals surface area contributed by atoms with Crippen molar-refractivity contribution >= 4 is 0 Å². The first-order chi connectivity index (χ1) is 12.1. The second kappa shape index (κ2) is 6.84. The second-order valence-electron chi connectivity index (χ2n) is 7.70. The maximum absolute atomic E-state index is 6.41. The first kappa shape index (κ1) is 16.7. The molecule has 2 saturated heterocycles. The lowest BCUT2D eigenvalue weighted by molar-refractivity contribution is -0.0107. The molecule has 25 heavy (non-hydrogen) atoms. The van der Waals surface area contributed by atoms with Gasteiger partial charge in [-0.25, -0.2) is 9.97 Å². The third kappa shape index (κ3) is 3.60. The Morgan fingerprint density at radius 3 is 3.00 bits per heavy atom. The number of hydrogen-bond donors (Lipinski definition) is 0. The van der Waals surface area contributed by atoms with Crippen molar-refractivity contribution in [2.75, 3.05) is 13.1 Å². The highest BCUT2D eigenvalue weighted by Crippen LogP contribution is 2.40. The van der Waals surface area contributed by atoms with Gasteiger partial charge in [0.2, 0.25) is 0 Å². The number of nitrogens with zero attached hydrogens (tertiary/aromatic N) is 5. The highest BCUT2D eigenvalue weighted by atomic mass is 16.5. The van der Waals surface area contributed by atoms with Gasteiger partial charge in [0.25, 0.3) is 0 Å². The normalized spacial score (nSPS) is 27.0. The maximum atomic E-state index is 6.41. The molecule has 6 heteroatoms. The Kier molecular flexibility index (Phi) is 4.56. The number of likely N-dealkylation sites (tertiary alicyclic amines) is 1. The summed E-state index contributed by atoms with van der Waals surface area (Å²) in [5.74, 6) is 1.90. The van der Waals surface area contributed by atoms with E-state index in [0.717, 1.165) is 37.6 Å². The van der Waals surface area contributed by atoms with E-state index in [1.807, 2.05) is 30.2 Å². The van der Waals surface area contributed by atoms with Gasteiger partial charge in [-0.1, -0.05) is 13.8 Å².